The van der Waals surface area contributed by atoms with Crippen LogP contribution >= 0.6 is 11.8 Å². The summed E-state index contributed by atoms with van der Waals surface area (Å²) in [5.74, 6) is 1.48. The smallest absolute Gasteiger partial charge is 0.155 e. The molecule has 1 saturated heterocycles. The van der Waals surface area contributed by atoms with Crippen molar-refractivity contribution in [1.29, 1.82) is 0 Å². The van der Waals surface area contributed by atoms with Gasteiger partial charge in [-0.1, -0.05) is 25.1 Å². The molecule has 0 radical (unpaired) electrons. The van der Waals surface area contributed by atoms with E-state index >= 15 is 0 Å². The van der Waals surface area contributed by atoms with Crippen molar-refractivity contribution in [2.45, 2.75) is 37.1 Å². The molecule has 2 nitrogen and oxygen atoms in total. The van der Waals surface area contributed by atoms with Gasteiger partial charge in [-0.3, -0.25) is 0 Å². The summed E-state index contributed by atoms with van der Waals surface area (Å²) < 4.78 is 5.51. The summed E-state index contributed by atoms with van der Waals surface area (Å²) in [4.78, 5) is 1.26. The van der Waals surface area contributed by atoms with E-state index in [1.54, 1.807) is 11.8 Å². The Morgan fingerprint density at radius 1 is 1.31 bits per heavy atom. The zero-order chi connectivity index (χ0) is 11.4. The molecule has 1 aromatic rings. The molecule has 0 bridgehead atoms. The van der Waals surface area contributed by atoms with Gasteiger partial charge in [0.05, 0.1) is 6.10 Å². The minimum absolute atomic E-state index is 0.184. The van der Waals surface area contributed by atoms with Crippen molar-refractivity contribution in [2.24, 2.45) is 5.92 Å². The van der Waals surface area contributed by atoms with Gasteiger partial charge in [-0.05, 0) is 24.5 Å². The predicted molar refractivity (Wildman–Crippen MR) is 66.4 cm³/mol. The molecule has 1 aromatic carbocycles. The second-order valence-corrected chi connectivity index (χ2v) is 5.51. The Bertz CT molecular complexity index is 305. The number of benzene rings is 1. The minimum atomic E-state index is -0.565. The first-order valence-corrected chi connectivity index (χ1v) is 6.74. The molecule has 3 heteroatoms. The van der Waals surface area contributed by atoms with Crippen LogP contribution in [0.15, 0.2) is 35.2 Å². The van der Waals surface area contributed by atoms with Gasteiger partial charge in [-0.2, -0.15) is 0 Å². The lowest BCUT2D eigenvalue weighted by atomic mass is 9.98. The Kier molecular flexibility index (Phi) is 4.27. The second kappa shape index (κ2) is 5.71. The first kappa shape index (κ1) is 12.0. The minimum Gasteiger partial charge on any atom is -0.368 e. The maximum atomic E-state index is 9.52. The molecule has 1 aliphatic heterocycles. The largest absolute Gasteiger partial charge is 0.368 e. The molecule has 0 spiro atoms. The van der Waals surface area contributed by atoms with Crippen LogP contribution in [-0.4, -0.2) is 23.3 Å². The molecule has 0 aromatic heterocycles. The van der Waals surface area contributed by atoms with Crippen LogP contribution in [0.4, 0.5) is 0 Å². The van der Waals surface area contributed by atoms with Gasteiger partial charge in [-0.25, -0.2) is 0 Å². The number of hydrogen-bond acceptors (Lipinski definition) is 3. The number of aliphatic hydroxyl groups excluding tert-OH is 1. The van der Waals surface area contributed by atoms with Gasteiger partial charge in [0.25, 0.3) is 0 Å². The second-order valence-electron chi connectivity index (χ2n) is 4.41. The summed E-state index contributed by atoms with van der Waals surface area (Å²) in [5, 5.41) is 9.52. The monoisotopic (exact) mass is 238 g/mol. The maximum Gasteiger partial charge on any atom is 0.155 e. The Balaban J connectivity index is 1.81. The van der Waals surface area contributed by atoms with Crippen LogP contribution in [0, 0.1) is 5.92 Å². The van der Waals surface area contributed by atoms with E-state index in [1.165, 1.54) is 4.90 Å². The Labute approximate surface area is 101 Å². The SMILES string of the molecule is C[C@H]1CC(O)O[C@@H](CSc2ccccc2)C1. The van der Waals surface area contributed by atoms with Crippen molar-refractivity contribution < 1.29 is 9.84 Å². The van der Waals surface area contributed by atoms with Crippen LogP contribution in [0.3, 0.4) is 0 Å². The third kappa shape index (κ3) is 3.51. The van der Waals surface area contributed by atoms with Gasteiger partial charge in [-0.15, -0.1) is 11.8 Å². The fourth-order valence-electron chi connectivity index (χ4n) is 2.04. The average molecular weight is 238 g/mol. The van der Waals surface area contributed by atoms with Crippen molar-refractivity contribution in [2.75, 3.05) is 5.75 Å². The highest BCUT2D eigenvalue weighted by atomic mass is 32.2. The van der Waals surface area contributed by atoms with Crippen LogP contribution in [0.2, 0.25) is 0 Å². The van der Waals surface area contributed by atoms with Crippen LogP contribution in [0.25, 0.3) is 0 Å². The lowest BCUT2D eigenvalue weighted by Crippen LogP contribution is -2.33. The van der Waals surface area contributed by atoms with Gasteiger partial charge in [0.2, 0.25) is 0 Å². The lowest BCUT2D eigenvalue weighted by Gasteiger charge is -2.30. The molecule has 1 heterocycles. The third-order valence-corrected chi connectivity index (χ3v) is 3.94. The number of thioether (sulfide) groups is 1. The molecular weight excluding hydrogens is 220 g/mol. The van der Waals surface area contributed by atoms with E-state index in [-0.39, 0.29) is 6.10 Å². The van der Waals surface area contributed by atoms with Crippen molar-refractivity contribution in [3.63, 3.8) is 0 Å². The Morgan fingerprint density at radius 3 is 2.75 bits per heavy atom. The summed E-state index contributed by atoms with van der Waals surface area (Å²) in [6, 6.07) is 10.3. The average Bonchev–Trinajstić information content (AvgIpc) is 2.27. The van der Waals surface area contributed by atoms with Gasteiger partial charge in [0, 0.05) is 17.1 Å². The van der Waals surface area contributed by atoms with Crippen LogP contribution in [0.1, 0.15) is 19.8 Å². The highest BCUT2D eigenvalue weighted by molar-refractivity contribution is 7.99. The predicted octanol–water partition coefficient (Wildman–Crippen LogP) is 2.91. The number of rotatable bonds is 3. The van der Waals surface area contributed by atoms with E-state index in [9.17, 15) is 5.11 Å². The van der Waals surface area contributed by atoms with E-state index in [2.05, 4.69) is 19.1 Å². The van der Waals surface area contributed by atoms with Crippen LogP contribution in [-0.2, 0) is 4.74 Å². The van der Waals surface area contributed by atoms with E-state index in [1.807, 2.05) is 18.2 Å². The molecular formula is C13H18O2S. The maximum absolute atomic E-state index is 9.52. The van der Waals surface area contributed by atoms with Crippen LogP contribution in [0.5, 0.6) is 0 Å². The number of aliphatic hydroxyl groups is 1. The van der Waals surface area contributed by atoms with Gasteiger partial charge < -0.3 is 9.84 Å². The molecule has 1 fully saturated rings. The van der Waals surface area contributed by atoms with Crippen LogP contribution < -0.4 is 0 Å². The molecule has 3 atom stereocenters. The van der Waals surface area contributed by atoms with Gasteiger partial charge in [0.1, 0.15) is 0 Å². The summed E-state index contributed by atoms with van der Waals surface area (Å²) in [7, 11) is 0. The topological polar surface area (TPSA) is 29.5 Å². The van der Waals surface area contributed by atoms with Crippen molar-refractivity contribution >= 4 is 11.8 Å². The molecule has 1 N–H and O–H groups in total. The number of hydrogen-bond donors (Lipinski definition) is 1. The molecule has 0 saturated carbocycles. The zero-order valence-electron chi connectivity index (χ0n) is 9.50. The first-order valence-electron chi connectivity index (χ1n) is 5.75. The van der Waals surface area contributed by atoms with E-state index in [0.29, 0.717) is 5.92 Å². The van der Waals surface area contributed by atoms with E-state index < -0.39 is 6.29 Å². The summed E-state index contributed by atoms with van der Waals surface area (Å²) in [5.41, 5.74) is 0. The van der Waals surface area contributed by atoms with E-state index in [4.69, 9.17) is 4.74 Å². The highest BCUT2D eigenvalue weighted by Gasteiger charge is 2.25. The summed E-state index contributed by atoms with van der Waals surface area (Å²) in [6.45, 7) is 2.17. The fourth-order valence-corrected chi connectivity index (χ4v) is 2.98. The fraction of sp³-hybridized carbons (Fsp3) is 0.538. The summed E-state index contributed by atoms with van der Waals surface area (Å²) >= 11 is 1.79. The molecule has 2 rings (SSSR count). The number of ether oxygens (including phenoxy) is 1. The van der Waals surface area contributed by atoms with E-state index in [0.717, 1.165) is 18.6 Å². The Hall–Kier alpha value is -0.510. The first-order chi connectivity index (χ1) is 7.74. The molecule has 1 aliphatic rings. The van der Waals surface area contributed by atoms with Crippen molar-refractivity contribution in [3.05, 3.63) is 30.3 Å². The van der Waals surface area contributed by atoms with Crippen molar-refractivity contribution in [3.8, 4) is 0 Å². The molecule has 16 heavy (non-hydrogen) atoms. The van der Waals surface area contributed by atoms with Gasteiger partial charge in [0.15, 0.2) is 6.29 Å². The highest BCUT2D eigenvalue weighted by Crippen LogP contribution is 2.28. The standard InChI is InChI=1S/C13H18O2S/c1-10-7-11(15-13(14)8-10)9-16-12-5-3-2-4-6-12/h2-6,10-11,13-14H,7-9H2,1H3/t10-,11-,13?/m1/s1. The summed E-state index contributed by atoms with van der Waals surface area (Å²) in [6.07, 6.45) is 1.44. The lowest BCUT2D eigenvalue weighted by molar-refractivity contribution is -0.167. The molecule has 88 valence electrons. The normalized spacial score (nSPS) is 30.2. The molecule has 0 aliphatic carbocycles. The zero-order valence-corrected chi connectivity index (χ0v) is 10.3. The molecule has 0 amide bonds. The van der Waals surface area contributed by atoms with Gasteiger partial charge >= 0.3 is 0 Å². The Morgan fingerprint density at radius 2 is 2.06 bits per heavy atom. The quantitative estimate of drug-likeness (QED) is 0.821. The third-order valence-electron chi connectivity index (χ3n) is 2.80. The molecule has 1 unspecified atom stereocenters. The van der Waals surface area contributed by atoms with Crippen molar-refractivity contribution in [1.82, 2.24) is 0 Å².